The molecule has 0 amide bonds. The van der Waals surface area contributed by atoms with E-state index >= 15 is 0 Å². The summed E-state index contributed by atoms with van der Waals surface area (Å²) >= 11 is 0. The Morgan fingerprint density at radius 1 is 1.38 bits per heavy atom. The van der Waals surface area contributed by atoms with Crippen molar-refractivity contribution in [3.05, 3.63) is 18.2 Å². The summed E-state index contributed by atoms with van der Waals surface area (Å²) in [5.74, 6) is 1.27. The molecule has 2 aromatic rings. The minimum Gasteiger partial charge on any atom is -0.491 e. The van der Waals surface area contributed by atoms with E-state index < -0.39 is 0 Å². The van der Waals surface area contributed by atoms with Gasteiger partial charge in [-0.1, -0.05) is 6.07 Å². The minimum absolute atomic E-state index is 0.117. The molecule has 7 nitrogen and oxygen atoms in total. The predicted octanol–water partition coefficient (Wildman–Crippen LogP) is 1.92. The standard InChI is InChI=1S/C14H21N5O2/c1-4-21-13-11(6-5-7-12(13)15)14-16-17-18-19(14)10(2)8-9-20-3/h5-7,10H,4,8-9,15H2,1-3H3. The highest BCUT2D eigenvalue weighted by Gasteiger charge is 2.19. The molecular weight excluding hydrogens is 270 g/mol. The first-order valence-corrected chi connectivity index (χ1v) is 6.97. The highest BCUT2D eigenvalue weighted by atomic mass is 16.5. The van der Waals surface area contributed by atoms with Crippen LogP contribution in [0, 0.1) is 0 Å². The highest BCUT2D eigenvalue weighted by Crippen LogP contribution is 2.34. The van der Waals surface area contributed by atoms with Crippen LogP contribution in [0.4, 0.5) is 5.69 Å². The Balaban J connectivity index is 2.39. The van der Waals surface area contributed by atoms with Gasteiger partial charge in [0.15, 0.2) is 11.6 Å². The van der Waals surface area contributed by atoms with Crippen LogP contribution in [0.5, 0.6) is 5.75 Å². The smallest absolute Gasteiger partial charge is 0.186 e. The van der Waals surface area contributed by atoms with Gasteiger partial charge in [0.2, 0.25) is 0 Å². The third kappa shape index (κ3) is 3.30. The molecule has 2 N–H and O–H groups in total. The molecule has 0 saturated carbocycles. The normalized spacial score (nSPS) is 12.3. The van der Waals surface area contributed by atoms with Gasteiger partial charge in [-0.3, -0.25) is 0 Å². The Labute approximate surface area is 124 Å². The Morgan fingerprint density at radius 2 is 2.19 bits per heavy atom. The second kappa shape index (κ2) is 7.03. The quantitative estimate of drug-likeness (QED) is 0.784. The lowest BCUT2D eigenvalue weighted by Crippen LogP contribution is -2.12. The van der Waals surface area contributed by atoms with E-state index in [9.17, 15) is 0 Å². The van der Waals surface area contributed by atoms with Gasteiger partial charge in [0, 0.05) is 13.7 Å². The molecule has 0 aliphatic heterocycles. The molecule has 0 aliphatic rings. The number of rotatable bonds is 7. The molecule has 1 heterocycles. The fourth-order valence-electron chi connectivity index (χ4n) is 2.11. The lowest BCUT2D eigenvalue weighted by molar-refractivity contribution is 0.178. The van der Waals surface area contributed by atoms with Gasteiger partial charge in [0.25, 0.3) is 0 Å². The van der Waals surface area contributed by atoms with E-state index in [1.165, 1.54) is 0 Å². The maximum absolute atomic E-state index is 6.00. The van der Waals surface area contributed by atoms with E-state index in [0.717, 1.165) is 12.0 Å². The second-order valence-electron chi connectivity index (χ2n) is 4.73. The first kappa shape index (κ1) is 15.2. The van der Waals surface area contributed by atoms with Gasteiger partial charge in [-0.2, -0.15) is 0 Å². The molecule has 0 bridgehead atoms. The zero-order chi connectivity index (χ0) is 15.2. The van der Waals surface area contributed by atoms with Gasteiger partial charge < -0.3 is 15.2 Å². The van der Waals surface area contributed by atoms with Crippen molar-refractivity contribution in [3.63, 3.8) is 0 Å². The third-order valence-corrected chi connectivity index (χ3v) is 3.23. The molecule has 0 saturated heterocycles. The Morgan fingerprint density at radius 3 is 2.90 bits per heavy atom. The Kier molecular flexibility index (Phi) is 5.10. The van der Waals surface area contributed by atoms with Crippen LogP contribution in [0.15, 0.2) is 18.2 Å². The average Bonchev–Trinajstić information content (AvgIpc) is 2.96. The summed E-state index contributed by atoms with van der Waals surface area (Å²) in [4.78, 5) is 0. The average molecular weight is 291 g/mol. The summed E-state index contributed by atoms with van der Waals surface area (Å²) in [7, 11) is 1.68. The maximum atomic E-state index is 6.00. The molecule has 7 heteroatoms. The van der Waals surface area contributed by atoms with Crippen molar-refractivity contribution in [3.8, 4) is 17.1 Å². The van der Waals surface area contributed by atoms with E-state index in [2.05, 4.69) is 15.5 Å². The number of methoxy groups -OCH3 is 1. The van der Waals surface area contributed by atoms with Crippen LogP contribution in [0.1, 0.15) is 26.3 Å². The zero-order valence-corrected chi connectivity index (χ0v) is 12.6. The number of benzene rings is 1. The zero-order valence-electron chi connectivity index (χ0n) is 12.6. The van der Waals surface area contributed by atoms with E-state index in [4.69, 9.17) is 15.2 Å². The van der Waals surface area contributed by atoms with Crippen molar-refractivity contribution in [2.24, 2.45) is 0 Å². The Hall–Kier alpha value is -2.15. The fraction of sp³-hybridized carbons (Fsp3) is 0.500. The summed E-state index contributed by atoms with van der Waals surface area (Å²) in [5, 5.41) is 12.0. The van der Waals surface area contributed by atoms with Crippen LogP contribution in [0.2, 0.25) is 0 Å². The monoisotopic (exact) mass is 291 g/mol. The largest absolute Gasteiger partial charge is 0.491 e. The number of aromatic nitrogens is 4. The lowest BCUT2D eigenvalue weighted by atomic mass is 10.1. The maximum Gasteiger partial charge on any atom is 0.186 e. The molecule has 1 unspecified atom stereocenters. The SMILES string of the molecule is CCOc1c(N)cccc1-c1nnnn1C(C)CCOC. The van der Waals surface area contributed by atoms with Crippen LogP contribution in [0.25, 0.3) is 11.4 Å². The van der Waals surface area contributed by atoms with Crippen LogP contribution in [-0.4, -0.2) is 40.5 Å². The first-order chi connectivity index (χ1) is 10.2. The third-order valence-electron chi connectivity index (χ3n) is 3.23. The molecule has 0 spiro atoms. The topological polar surface area (TPSA) is 88.1 Å². The van der Waals surface area contributed by atoms with Crippen LogP contribution >= 0.6 is 0 Å². The van der Waals surface area contributed by atoms with Crippen molar-refractivity contribution >= 4 is 5.69 Å². The predicted molar refractivity (Wildman–Crippen MR) is 80.0 cm³/mol. The molecule has 0 aliphatic carbocycles. The van der Waals surface area contributed by atoms with Gasteiger partial charge in [-0.25, -0.2) is 4.68 Å². The van der Waals surface area contributed by atoms with E-state index in [0.29, 0.717) is 30.5 Å². The molecule has 1 aromatic carbocycles. The molecule has 21 heavy (non-hydrogen) atoms. The number of anilines is 1. The summed E-state index contributed by atoms with van der Waals surface area (Å²) in [6, 6.07) is 5.70. The second-order valence-corrected chi connectivity index (χ2v) is 4.73. The minimum atomic E-state index is 0.117. The molecule has 0 radical (unpaired) electrons. The summed E-state index contributed by atoms with van der Waals surface area (Å²) < 4.78 is 12.5. The molecule has 0 fully saturated rings. The first-order valence-electron chi connectivity index (χ1n) is 6.97. The van der Waals surface area contributed by atoms with E-state index in [1.54, 1.807) is 17.9 Å². The van der Waals surface area contributed by atoms with Crippen molar-refractivity contribution in [1.82, 2.24) is 20.2 Å². The van der Waals surface area contributed by atoms with Crippen LogP contribution in [0.3, 0.4) is 0 Å². The molecule has 114 valence electrons. The number of nitrogens with zero attached hydrogens (tertiary/aromatic N) is 4. The van der Waals surface area contributed by atoms with Crippen molar-refractivity contribution < 1.29 is 9.47 Å². The van der Waals surface area contributed by atoms with E-state index in [-0.39, 0.29) is 6.04 Å². The number of nitrogen functional groups attached to an aromatic ring is 1. The number of ether oxygens (including phenoxy) is 2. The van der Waals surface area contributed by atoms with Gasteiger partial charge in [0.05, 0.1) is 23.9 Å². The van der Waals surface area contributed by atoms with Crippen LogP contribution < -0.4 is 10.5 Å². The van der Waals surface area contributed by atoms with Crippen molar-refractivity contribution in [1.29, 1.82) is 0 Å². The fourth-order valence-corrected chi connectivity index (χ4v) is 2.11. The van der Waals surface area contributed by atoms with E-state index in [1.807, 2.05) is 26.0 Å². The highest BCUT2D eigenvalue weighted by molar-refractivity contribution is 5.73. The number of nitrogens with two attached hydrogens (primary N) is 1. The lowest BCUT2D eigenvalue weighted by Gasteiger charge is -2.15. The van der Waals surface area contributed by atoms with Crippen LogP contribution in [-0.2, 0) is 4.74 Å². The molecule has 1 aromatic heterocycles. The number of hydrogen-bond acceptors (Lipinski definition) is 6. The Bertz CT molecular complexity index is 584. The van der Waals surface area contributed by atoms with Gasteiger partial charge in [0.1, 0.15) is 0 Å². The van der Waals surface area contributed by atoms with Gasteiger partial charge in [-0.15, -0.1) is 5.10 Å². The summed E-state index contributed by atoms with van der Waals surface area (Å²) in [5.41, 5.74) is 7.37. The number of hydrogen-bond donors (Lipinski definition) is 1. The number of tetrazole rings is 1. The summed E-state index contributed by atoms with van der Waals surface area (Å²) in [6.07, 6.45) is 0.820. The number of para-hydroxylation sites is 1. The molecule has 1 atom stereocenters. The van der Waals surface area contributed by atoms with Crippen molar-refractivity contribution in [2.45, 2.75) is 26.3 Å². The van der Waals surface area contributed by atoms with Gasteiger partial charge >= 0.3 is 0 Å². The summed E-state index contributed by atoms with van der Waals surface area (Å²) in [6.45, 7) is 5.14. The molecule has 2 rings (SSSR count). The molecular formula is C14H21N5O2. The van der Waals surface area contributed by atoms with Gasteiger partial charge in [-0.05, 0) is 42.8 Å². The van der Waals surface area contributed by atoms with Crippen molar-refractivity contribution in [2.75, 3.05) is 26.1 Å².